The largest absolute Gasteiger partial charge is 0.490 e. The molecular formula is C29H28F2N2O2. The van der Waals surface area contributed by atoms with Gasteiger partial charge in [-0.3, -0.25) is 4.79 Å². The Kier molecular flexibility index (Phi) is 6.15. The van der Waals surface area contributed by atoms with E-state index in [-0.39, 0.29) is 17.2 Å². The second-order valence-corrected chi connectivity index (χ2v) is 9.54. The summed E-state index contributed by atoms with van der Waals surface area (Å²) >= 11 is 0. The Bertz CT molecular complexity index is 1400. The normalized spacial score (nSPS) is 20.2. The summed E-state index contributed by atoms with van der Waals surface area (Å²) in [6.07, 6.45) is 4.31. The number of benzene rings is 3. The first-order valence-corrected chi connectivity index (χ1v) is 11.9. The third-order valence-electron chi connectivity index (χ3n) is 7.10. The molecule has 0 amide bonds. The molecule has 3 N–H and O–H groups in total. The van der Waals surface area contributed by atoms with Crippen LogP contribution in [0.3, 0.4) is 0 Å². The first-order chi connectivity index (χ1) is 16.8. The number of nitrogens with one attached hydrogen (secondary N) is 1. The van der Waals surface area contributed by atoms with Crippen LogP contribution in [0.2, 0.25) is 0 Å². The molecule has 5 rings (SSSR count). The van der Waals surface area contributed by atoms with Gasteiger partial charge in [-0.15, -0.1) is 0 Å². The summed E-state index contributed by atoms with van der Waals surface area (Å²) < 4.78 is 35.1. The summed E-state index contributed by atoms with van der Waals surface area (Å²) in [5.41, 5.74) is 8.28. The monoisotopic (exact) mass is 474 g/mol. The standard InChI is InChI=1S/C29H28F2N2O2/c1-18-14-23-22(20(17-33-28(23)34)15-19-6-3-2-4-7-19)16-26(18)35-21-10-12-29(32,13-11-21)27-24(30)8-5-9-25(27)31/h2-9,14,16-17,21H,10-13,15,32H2,1H3,(H,33,34). The van der Waals surface area contributed by atoms with Gasteiger partial charge in [-0.2, -0.15) is 0 Å². The average Bonchev–Trinajstić information content (AvgIpc) is 2.84. The van der Waals surface area contributed by atoms with Crippen molar-refractivity contribution in [3.8, 4) is 5.75 Å². The highest BCUT2D eigenvalue weighted by Crippen LogP contribution is 2.39. The number of fused-ring (bicyclic) bond motifs is 1. The maximum Gasteiger partial charge on any atom is 0.255 e. The minimum Gasteiger partial charge on any atom is -0.490 e. The van der Waals surface area contributed by atoms with Gasteiger partial charge in [0.1, 0.15) is 17.4 Å². The molecule has 1 fully saturated rings. The van der Waals surface area contributed by atoms with E-state index in [9.17, 15) is 13.6 Å². The zero-order valence-corrected chi connectivity index (χ0v) is 19.6. The summed E-state index contributed by atoms with van der Waals surface area (Å²) in [6, 6.07) is 17.7. The van der Waals surface area contributed by atoms with E-state index in [2.05, 4.69) is 17.1 Å². The number of H-pyrrole nitrogens is 1. The molecule has 1 heterocycles. The molecule has 3 aromatic carbocycles. The van der Waals surface area contributed by atoms with E-state index in [1.54, 1.807) is 6.20 Å². The third kappa shape index (κ3) is 4.58. The second-order valence-electron chi connectivity index (χ2n) is 9.54. The molecule has 1 aliphatic rings. The van der Waals surface area contributed by atoms with E-state index in [4.69, 9.17) is 10.5 Å². The Hall–Kier alpha value is -3.51. The molecule has 0 bridgehead atoms. The average molecular weight is 475 g/mol. The highest BCUT2D eigenvalue weighted by molar-refractivity contribution is 5.87. The molecule has 0 spiro atoms. The van der Waals surface area contributed by atoms with Gasteiger partial charge in [0.2, 0.25) is 0 Å². The Labute approximate surface area is 202 Å². The van der Waals surface area contributed by atoms with Crippen molar-refractivity contribution in [1.82, 2.24) is 4.98 Å². The van der Waals surface area contributed by atoms with E-state index in [1.165, 1.54) is 18.2 Å². The van der Waals surface area contributed by atoms with Crippen LogP contribution in [0.1, 0.15) is 47.9 Å². The van der Waals surface area contributed by atoms with Crippen molar-refractivity contribution in [2.24, 2.45) is 5.73 Å². The van der Waals surface area contributed by atoms with Crippen LogP contribution in [0.15, 0.2) is 71.7 Å². The molecule has 4 aromatic rings. The summed E-state index contributed by atoms with van der Waals surface area (Å²) in [4.78, 5) is 15.4. The van der Waals surface area contributed by atoms with Crippen molar-refractivity contribution in [2.45, 2.75) is 50.7 Å². The first kappa shape index (κ1) is 23.2. The van der Waals surface area contributed by atoms with E-state index in [0.717, 1.165) is 22.1 Å². The molecule has 1 saturated carbocycles. The number of aryl methyl sites for hydroxylation is 1. The minimum atomic E-state index is -1.05. The fraction of sp³-hybridized carbons (Fsp3) is 0.276. The minimum absolute atomic E-state index is 0.0369. The molecule has 180 valence electrons. The molecule has 4 nitrogen and oxygen atoms in total. The lowest BCUT2D eigenvalue weighted by atomic mass is 9.76. The zero-order chi connectivity index (χ0) is 24.6. The molecule has 1 aromatic heterocycles. The maximum absolute atomic E-state index is 14.4. The number of rotatable bonds is 5. The number of ether oxygens (including phenoxy) is 1. The molecule has 0 radical (unpaired) electrons. The van der Waals surface area contributed by atoms with E-state index in [1.807, 2.05) is 37.3 Å². The molecule has 1 aliphatic carbocycles. The number of nitrogens with two attached hydrogens (primary N) is 1. The van der Waals surface area contributed by atoms with Gasteiger partial charge >= 0.3 is 0 Å². The van der Waals surface area contributed by atoms with Crippen LogP contribution >= 0.6 is 0 Å². The van der Waals surface area contributed by atoms with Crippen LogP contribution in [0, 0.1) is 18.6 Å². The van der Waals surface area contributed by atoms with Gasteiger partial charge in [0.05, 0.1) is 6.10 Å². The SMILES string of the molecule is Cc1cc2c(=O)[nH]cc(Cc3ccccc3)c2cc1OC1CCC(N)(c2c(F)cccc2F)CC1. The molecule has 35 heavy (non-hydrogen) atoms. The van der Waals surface area contributed by atoms with Gasteiger partial charge in [0.25, 0.3) is 5.56 Å². The number of hydrogen-bond donors (Lipinski definition) is 2. The van der Waals surface area contributed by atoms with E-state index < -0.39 is 17.2 Å². The van der Waals surface area contributed by atoms with Gasteiger partial charge in [-0.25, -0.2) is 8.78 Å². The van der Waals surface area contributed by atoms with Crippen LogP contribution in [-0.4, -0.2) is 11.1 Å². The topological polar surface area (TPSA) is 68.1 Å². The zero-order valence-electron chi connectivity index (χ0n) is 19.6. The van der Waals surface area contributed by atoms with Crippen molar-refractivity contribution < 1.29 is 13.5 Å². The first-order valence-electron chi connectivity index (χ1n) is 11.9. The van der Waals surface area contributed by atoms with Crippen LogP contribution in [0.5, 0.6) is 5.75 Å². The maximum atomic E-state index is 14.4. The Morgan fingerprint density at radius 1 is 1.00 bits per heavy atom. The Morgan fingerprint density at radius 2 is 1.69 bits per heavy atom. The third-order valence-corrected chi connectivity index (χ3v) is 7.10. The number of aromatic amines is 1. The van der Waals surface area contributed by atoms with E-state index >= 15 is 0 Å². The number of aromatic nitrogens is 1. The molecule has 6 heteroatoms. The molecule has 0 saturated heterocycles. The van der Waals surface area contributed by atoms with Crippen LogP contribution < -0.4 is 16.0 Å². The van der Waals surface area contributed by atoms with Crippen molar-refractivity contribution in [3.63, 3.8) is 0 Å². The quantitative estimate of drug-likeness (QED) is 0.380. The van der Waals surface area contributed by atoms with Crippen molar-refractivity contribution in [2.75, 3.05) is 0 Å². The van der Waals surface area contributed by atoms with Gasteiger partial charge in [-0.1, -0.05) is 36.4 Å². The summed E-state index contributed by atoms with van der Waals surface area (Å²) in [6.45, 7) is 1.92. The van der Waals surface area contributed by atoms with Gasteiger partial charge in [0.15, 0.2) is 0 Å². The highest BCUT2D eigenvalue weighted by Gasteiger charge is 2.38. The molecule has 0 atom stereocenters. The molecule has 0 unspecified atom stereocenters. The molecule has 0 aliphatic heterocycles. The fourth-order valence-corrected chi connectivity index (χ4v) is 5.17. The highest BCUT2D eigenvalue weighted by atomic mass is 19.1. The lowest BCUT2D eigenvalue weighted by Crippen LogP contribution is -2.44. The summed E-state index contributed by atoms with van der Waals surface area (Å²) in [7, 11) is 0. The van der Waals surface area contributed by atoms with Crippen LogP contribution in [0.25, 0.3) is 10.8 Å². The number of hydrogen-bond acceptors (Lipinski definition) is 3. The van der Waals surface area contributed by atoms with Crippen molar-refractivity contribution >= 4 is 10.8 Å². The Morgan fingerprint density at radius 3 is 2.37 bits per heavy atom. The smallest absolute Gasteiger partial charge is 0.255 e. The lowest BCUT2D eigenvalue weighted by Gasteiger charge is -2.38. The van der Waals surface area contributed by atoms with Crippen LogP contribution in [-0.2, 0) is 12.0 Å². The van der Waals surface area contributed by atoms with Gasteiger partial charge in [0, 0.05) is 22.7 Å². The summed E-state index contributed by atoms with van der Waals surface area (Å²) in [5.74, 6) is -0.495. The van der Waals surface area contributed by atoms with Crippen LogP contribution in [0.4, 0.5) is 8.78 Å². The van der Waals surface area contributed by atoms with E-state index in [0.29, 0.717) is 43.2 Å². The number of pyridine rings is 1. The molecular weight excluding hydrogens is 446 g/mol. The predicted octanol–water partition coefficient (Wildman–Crippen LogP) is 5.88. The Balaban J connectivity index is 1.39. The fourth-order valence-electron chi connectivity index (χ4n) is 5.17. The number of halogens is 2. The summed E-state index contributed by atoms with van der Waals surface area (Å²) in [5, 5.41) is 1.48. The van der Waals surface area contributed by atoms with Gasteiger partial charge < -0.3 is 15.5 Å². The van der Waals surface area contributed by atoms with Gasteiger partial charge in [-0.05, 0) is 85.4 Å². The van der Waals surface area contributed by atoms with Crippen molar-refractivity contribution in [1.29, 1.82) is 0 Å². The predicted molar refractivity (Wildman–Crippen MR) is 134 cm³/mol. The van der Waals surface area contributed by atoms with Crippen molar-refractivity contribution in [3.05, 3.63) is 111 Å². The lowest BCUT2D eigenvalue weighted by molar-refractivity contribution is 0.114. The second kappa shape index (κ2) is 9.27.